The van der Waals surface area contributed by atoms with Gasteiger partial charge in [-0.05, 0) is 24.6 Å². The summed E-state index contributed by atoms with van der Waals surface area (Å²) in [5.41, 5.74) is 1.71. The summed E-state index contributed by atoms with van der Waals surface area (Å²) in [4.78, 5) is 0. The molecule has 2 rings (SSSR count). The lowest BCUT2D eigenvalue weighted by Crippen LogP contribution is -2.42. The van der Waals surface area contributed by atoms with Crippen molar-refractivity contribution >= 4 is 24.0 Å². The first kappa shape index (κ1) is 13.6. The molecule has 5 heteroatoms. The first-order valence-corrected chi connectivity index (χ1v) is 5.49. The molecule has 0 bridgehead atoms. The van der Waals surface area contributed by atoms with Gasteiger partial charge in [-0.25, -0.2) is 0 Å². The summed E-state index contributed by atoms with van der Waals surface area (Å²) in [6.45, 7) is 4.57. The molecule has 0 radical (unpaired) electrons. The van der Waals surface area contributed by atoms with Gasteiger partial charge in [-0.1, -0.05) is 11.6 Å². The van der Waals surface area contributed by atoms with E-state index in [0.29, 0.717) is 10.8 Å². The third kappa shape index (κ3) is 2.80. The van der Waals surface area contributed by atoms with Crippen molar-refractivity contribution in [1.29, 1.82) is 0 Å². The first-order chi connectivity index (χ1) is 7.18. The predicted molar refractivity (Wildman–Crippen MR) is 68.7 cm³/mol. The van der Waals surface area contributed by atoms with Crippen LogP contribution in [0.25, 0.3) is 0 Å². The van der Waals surface area contributed by atoms with E-state index in [-0.39, 0.29) is 18.4 Å². The molecule has 1 fully saturated rings. The summed E-state index contributed by atoms with van der Waals surface area (Å²) in [5.74, 6) is 0.348. The van der Waals surface area contributed by atoms with Gasteiger partial charge in [-0.2, -0.15) is 0 Å². The topological polar surface area (TPSA) is 44.3 Å². The minimum atomic E-state index is 0. The van der Waals surface area contributed by atoms with Gasteiger partial charge in [0.05, 0.1) is 0 Å². The molecule has 3 N–H and O–H groups in total. The molecule has 0 spiro atoms. The van der Waals surface area contributed by atoms with Crippen molar-refractivity contribution in [3.63, 3.8) is 0 Å². The number of hydrogen-bond acceptors (Lipinski definition) is 3. The van der Waals surface area contributed by atoms with Crippen LogP contribution >= 0.6 is 24.0 Å². The molecule has 1 aromatic carbocycles. The number of halogens is 2. The van der Waals surface area contributed by atoms with Crippen LogP contribution in [0, 0.1) is 6.92 Å². The molecule has 0 amide bonds. The quantitative estimate of drug-likeness (QED) is 0.726. The fourth-order valence-corrected chi connectivity index (χ4v) is 2.18. The Balaban J connectivity index is 0.00000128. The van der Waals surface area contributed by atoms with Gasteiger partial charge in [-0.3, -0.25) is 0 Å². The number of phenolic OH excluding ortho intramolecular Hbond substituents is 1. The zero-order chi connectivity index (χ0) is 10.8. The van der Waals surface area contributed by atoms with Crippen LogP contribution in [0.3, 0.4) is 0 Å². The molecule has 0 saturated carbocycles. The van der Waals surface area contributed by atoms with Gasteiger partial charge in [0.25, 0.3) is 0 Å². The molecule has 3 nitrogen and oxygen atoms in total. The van der Waals surface area contributed by atoms with Crippen LogP contribution in [-0.4, -0.2) is 24.7 Å². The van der Waals surface area contributed by atoms with Gasteiger partial charge in [0.15, 0.2) is 0 Å². The fourth-order valence-electron chi connectivity index (χ4n) is 1.90. The molecule has 1 heterocycles. The minimum Gasteiger partial charge on any atom is -0.507 e. The number of benzene rings is 1. The van der Waals surface area contributed by atoms with E-state index in [2.05, 4.69) is 10.6 Å². The second-order valence-corrected chi connectivity index (χ2v) is 4.31. The largest absolute Gasteiger partial charge is 0.507 e. The zero-order valence-corrected chi connectivity index (χ0v) is 10.7. The highest BCUT2D eigenvalue weighted by molar-refractivity contribution is 6.30. The number of nitrogens with one attached hydrogen (secondary N) is 2. The van der Waals surface area contributed by atoms with Gasteiger partial charge in [0.1, 0.15) is 5.75 Å². The van der Waals surface area contributed by atoms with E-state index in [9.17, 15) is 5.11 Å². The van der Waals surface area contributed by atoms with E-state index in [0.717, 1.165) is 30.8 Å². The Hall–Kier alpha value is -0.480. The van der Waals surface area contributed by atoms with Crippen LogP contribution in [0.1, 0.15) is 17.2 Å². The van der Waals surface area contributed by atoms with Crippen LogP contribution in [0.5, 0.6) is 5.75 Å². The van der Waals surface area contributed by atoms with E-state index >= 15 is 0 Å². The van der Waals surface area contributed by atoms with Crippen LogP contribution in [0.4, 0.5) is 0 Å². The maximum atomic E-state index is 9.95. The second-order valence-electron chi connectivity index (χ2n) is 3.87. The Kier molecular flexibility index (Phi) is 4.87. The van der Waals surface area contributed by atoms with Gasteiger partial charge in [0.2, 0.25) is 0 Å². The Morgan fingerprint density at radius 2 is 2.12 bits per heavy atom. The van der Waals surface area contributed by atoms with Crippen molar-refractivity contribution < 1.29 is 5.11 Å². The third-order valence-corrected chi connectivity index (χ3v) is 2.93. The average molecular weight is 263 g/mol. The molecule has 0 unspecified atom stereocenters. The normalized spacial score (nSPS) is 20.2. The van der Waals surface area contributed by atoms with Gasteiger partial charge < -0.3 is 15.7 Å². The predicted octanol–water partition coefficient (Wildman–Crippen LogP) is 2.01. The molecule has 1 aliphatic rings. The number of aryl methyl sites for hydroxylation is 1. The van der Waals surface area contributed by atoms with Crippen LogP contribution in [0.15, 0.2) is 12.1 Å². The second kappa shape index (κ2) is 5.73. The number of phenols is 1. The van der Waals surface area contributed by atoms with Gasteiger partial charge in [0, 0.05) is 36.3 Å². The van der Waals surface area contributed by atoms with E-state index in [1.807, 2.05) is 13.0 Å². The van der Waals surface area contributed by atoms with E-state index in [1.165, 1.54) is 0 Å². The van der Waals surface area contributed by atoms with Crippen molar-refractivity contribution in [2.45, 2.75) is 13.0 Å². The lowest BCUT2D eigenvalue weighted by atomic mass is 10.0. The lowest BCUT2D eigenvalue weighted by Gasteiger charge is -2.26. The van der Waals surface area contributed by atoms with Crippen LogP contribution in [-0.2, 0) is 0 Å². The number of aromatic hydroxyl groups is 1. The van der Waals surface area contributed by atoms with Gasteiger partial charge in [-0.15, -0.1) is 12.4 Å². The zero-order valence-electron chi connectivity index (χ0n) is 9.09. The van der Waals surface area contributed by atoms with Crippen LogP contribution < -0.4 is 10.6 Å². The molecule has 1 aliphatic heterocycles. The molecular weight excluding hydrogens is 247 g/mol. The third-order valence-electron chi connectivity index (χ3n) is 2.71. The smallest absolute Gasteiger partial charge is 0.123 e. The maximum Gasteiger partial charge on any atom is 0.123 e. The SMILES string of the molecule is Cc1cc(Cl)cc([C@H]2CNCCN2)c1O.Cl. The average Bonchev–Trinajstić information content (AvgIpc) is 2.24. The first-order valence-electron chi connectivity index (χ1n) is 5.11. The highest BCUT2D eigenvalue weighted by atomic mass is 35.5. The molecule has 16 heavy (non-hydrogen) atoms. The summed E-state index contributed by atoms with van der Waals surface area (Å²) >= 11 is 5.98. The van der Waals surface area contributed by atoms with E-state index in [4.69, 9.17) is 11.6 Å². The monoisotopic (exact) mass is 262 g/mol. The highest BCUT2D eigenvalue weighted by Gasteiger charge is 2.19. The molecule has 0 aromatic heterocycles. The molecule has 90 valence electrons. The lowest BCUT2D eigenvalue weighted by molar-refractivity contribution is 0.403. The number of piperazine rings is 1. The molecule has 1 saturated heterocycles. The summed E-state index contributed by atoms with van der Waals surface area (Å²) in [5, 5.41) is 17.3. The number of hydrogen-bond donors (Lipinski definition) is 3. The molecule has 1 atom stereocenters. The number of rotatable bonds is 1. The maximum absolute atomic E-state index is 9.95. The van der Waals surface area contributed by atoms with Crippen molar-refractivity contribution in [3.05, 3.63) is 28.3 Å². The Morgan fingerprint density at radius 3 is 2.75 bits per heavy atom. The van der Waals surface area contributed by atoms with Crippen molar-refractivity contribution in [1.82, 2.24) is 10.6 Å². The highest BCUT2D eigenvalue weighted by Crippen LogP contribution is 2.31. The van der Waals surface area contributed by atoms with E-state index in [1.54, 1.807) is 6.07 Å². The fraction of sp³-hybridized carbons (Fsp3) is 0.455. The summed E-state index contributed by atoms with van der Waals surface area (Å²) in [7, 11) is 0. The van der Waals surface area contributed by atoms with Gasteiger partial charge >= 0.3 is 0 Å². The standard InChI is InChI=1S/C11H15ClN2O.ClH/c1-7-4-8(12)5-9(11(7)15)10-6-13-2-3-14-10;/h4-5,10,13-15H,2-3,6H2,1H3;1H/t10-;/m1./s1. The van der Waals surface area contributed by atoms with E-state index < -0.39 is 0 Å². The molecule has 0 aliphatic carbocycles. The van der Waals surface area contributed by atoms with Crippen molar-refractivity contribution in [2.24, 2.45) is 0 Å². The Labute approximate surface area is 107 Å². The van der Waals surface area contributed by atoms with Crippen LogP contribution in [0.2, 0.25) is 5.02 Å². The minimum absolute atomic E-state index is 0. The molecular formula is C11H16Cl2N2O. The molecule has 1 aromatic rings. The summed E-state index contributed by atoms with van der Waals surface area (Å²) in [6.07, 6.45) is 0. The summed E-state index contributed by atoms with van der Waals surface area (Å²) < 4.78 is 0. The summed E-state index contributed by atoms with van der Waals surface area (Å²) in [6, 6.07) is 3.75. The van der Waals surface area contributed by atoms with Crippen molar-refractivity contribution in [2.75, 3.05) is 19.6 Å². The Morgan fingerprint density at radius 1 is 1.38 bits per heavy atom. The Bertz CT molecular complexity index is 365. The van der Waals surface area contributed by atoms with Crippen molar-refractivity contribution in [3.8, 4) is 5.75 Å².